The molecule has 29 heavy (non-hydrogen) atoms. The van der Waals surface area contributed by atoms with Crippen LogP contribution in [-0.2, 0) is 12.8 Å². The minimum absolute atomic E-state index is 0.278. The number of anilines is 2. The maximum absolute atomic E-state index is 12.6. The third-order valence-electron chi connectivity index (χ3n) is 5.70. The molecule has 148 valence electrons. The second kappa shape index (κ2) is 7.55. The molecule has 6 nitrogen and oxygen atoms in total. The number of hydrogen-bond donors (Lipinski definition) is 1. The largest absolute Gasteiger partial charge is 0.355 e. The molecule has 1 aliphatic carbocycles. The van der Waals surface area contributed by atoms with E-state index < -0.39 is 0 Å². The van der Waals surface area contributed by atoms with Crippen molar-refractivity contribution in [2.24, 2.45) is 0 Å². The van der Waals surface area contributed by atoms with E-state index >= 15 is 0 Å². The Kier molecular flexibility index (Phi) is 4.75. The molecule has 2 aromatic heterocycles. The Hall–Kier alpha value is -2.80. The first-order valence-corrected chi connectivity index (χ1v) is 11.0. The molecular weight excluding hydrogens is 382 g/mol. The third kappa shape index (κ3) is 3.62. The fourth-order valence-electron chi connectivity index (χ4n) is 4.16. The average molecular weight is 406 g/mol. The van der Waals surface area contributed by atoms with Crippen LogP contribution >= 0.6 is 11.3 Å². The van der Waals surface area contributed by atoms with Gasteiger partial charge in [0, 0.05) is 23.5 Å². The van der Waals surface area contributed by atoms with Crippen molar-refractivity contribution >= 4 is 28.2 Å². The number of thiazole rings is 1. The predicted octanol–water partition coefficient (Wildman–Crippen LogP) is 4.25. The van der Waals surface area contributed by atoms with Gasteiger partial charge in [-0.25, -0.2) is 4.98 Å². The fraction of sp³-hybridized carbons (Fsp3) is 0.364. The van der Waals surface area contributed by atoms with Crippen LogP contribution in [0.1, 0.15) is 45.8 Å². The molecule has 1 fully saturated rings. The number of fused-ring (bicyclic) bond motifs is 1. The summed E-state index contributed by atoms with van der Waals surface area (Å²) in [5, 5.41) is 11.8. The molecule has 3 heterocycles. The molecule has 1 amide bonds. The molecule has 1 saturated heterocycles. The standard InChI is InChI=1S/C22H23N5OS/c1-14-20(17-8-7-15-5-4-6-16(15)13-17)23-22(29-14)24-21(28)18-9-10-19(26-25-18)27-11-2-3-12-27/h7-10,13H,2-6,11-12H2,1H3,(H,23,24,28). The van der Waals surface area contributed by atoms with Crippen LogP contribution in [0.2, 0.25) is 0 Å². The van der Waals surface area contributed by atoms with E-state index in [1.54, 1.807) is 6.07 Å². The molecule has 0 unspecified atom stereocenters. The number of amides is 1. The minimum atomic E-state index is -0.278. The summed E-state index contributed by atoms with van der Waals surface area (Å²) < 4.78 is 0. The van der Waals surface area contributed by atoms with Gasteiger partial charge in [-0.05, 0) is 68.4 Å². The maximum atomic E-state index is 12.6. The Bertz CT molecular complexity index is 1050. The summed E-state index contributed by atoms with van der Waals surface area (Å²) in [6.45, 7) is 4.05. The van der Waals surface area contributed by atoms with E-state index in [4.69, 9.17) is 0 Å². The quantitative estimate of drug-likeness (QED) is 0.703. The highest BCUT2D eigenvalue weighted by molar-refractivity contribution is 7.16. The number of aromatic nitrogens is 3. The van der Waals surface area contributed by atoms with Gasteiger partial charge in [0.15, 0.2) is 16.6 Å². The highest BCUT2D eigenvalue weighted by atomic mass is 32.1. The van der Waals surface area contributed by atoms with Crippen LogP contribution in [0.3, 0.4) is 0 Å². The molecule has 0 saturated carbocycles. The molecule has 0 bridgehead atoms. The van der Waals surface area contributed by atoms with Crippen molar-refractivity contribution in [3.63, 3.8) is 0 Å². The van der Waals surface area contributed by atoms with E-state index in [0.29, 0.717) is 10.8 Å². The van der Waals surface area contributed by atoms with Gasteiger partial charge in [-0.2, -0.15) is 0 Å². The lowest BCUT2D eigenvalue weighted by atomic mass is 10.0. The van der Waals surface area contributed by atoms with E-state index in [1.807, 2.05) is 13.0 Å². The number of hydrogen-bond acceptors (Lipinski definition) is 6. The van der Waals surface area contributed by atoms with Crippen molar-refractivity contribution in [2.75, 3.05) is 23.3 Å². The Morgan fingerprint density at radius 3 is 2.66 bits per heavy atom. The smallest absolute Gasteiger partial charge is 0.277 e. The Balaban J connectivity index is 1.32. The van der Waals surface area contributed by atoms with E-state index in [1.165, 1.54) is 48.1 Å². The van der Waals surface area contributed by atoms with Crippen LogP contribution in [0.4, 0.5) is 10.9 Å². The Labute approximate surface area is 174 Å². The second-order valence-corrected chi connectivity index (χ2v) is 8.89. The van der Waals surface area contributed by atoms with Crippen molar-refractivity contribution in [1.82, 2.24) is 15.2 Å². The van der Waals surface area contributed by atoms with Gasteiger partial charge in [0.05, 0.1) is 5.69 Å². The number of nitrogens with zero attached hydrogens (tertiary/aromatic N) is 4. The zero-order valence-corrected chi connectivity index (χ0v) is 17.3. The van der Waals surface area contributed by atoms with Crippen LogP contribution in [0.5, 0.6) is 0 Å². The summed E-state index contributed by atoms with van der Waals surface area (Å²) in [6, 6.07) is 10.2. The summed E-state index contributed by atoms with van der Waals surface area (Å²) in [6.07, 6.45) is 5.90. The van der Waals surface area contributed by atoms with E-state index in [0.717, 1.165) is 41.5 Å². The monoisotopic (exact) mass is 405 g/mol. The zero-order valence-electron chi connectivity index (χ0n) is 16.4. The van der Waals surface area contributed by atoms with Crippen molar-refractivity contribution < 1.29 is 4.79 Å². The zero-order chi connectivity index (χ0) is 19.8. The molecule has 1 N–H and O–H groups in total. The lowest BCUT2D eigenvalue weighted by Crippen LogP contribution is -2.20. The molecule has 0 atom stereocenters. The number of carbonyl (C=O) groups excluding carboxylic acids is 1. The fourth-order valence-corrected chi connectivity index (χ4v) is 4.99. The van der Waals surface area contributed by atoms with Crippen molar-refractivity contribution in [2.45, 2.75) is 39.0 Å². The third-order valence-corrected chi connectivity index (χ3v) is 6.59. The first-order valence-electron chi connectivity index (χ1n) is 10.2. The van der Waals surface area contributed by atoms with Crippen molar-refractivity contribution in [3.05, 3.63) is 52.0 Å². The van der Waals surface area contributed by atoms with Crippen LogP contribution in [0.15, 0.2) is 30.3 Å². The minimum Gasteiger partial charge on any atom is -0.355 e. The molecule has 0 radical (unpaired) electrons. The van der Waals surface area contributed by atoms with Gasteiger partial charge >= 0.3 is 0 Å². The molecule has 0 spiro atoms. The lowest BCUT2D eigenvalue weighted by Gasteiger charge is -2.15. The lowest BCUT2D eigenvalue weighted by molar-refractivity contribution is 0.102. The van der Waals surface area contributed by atoms with Gasteiger partial charge in [-0.15, -0.1) is 21.5 Å². The van der Waals surface area contributed by atoms with Crippen LogP contribution < -0.4 is 10.2 Å². The van der Waals surface area contributed by atoms with Crippen LogP contribution in [-0.4, -0.2) is 34.2 Å². The summed E-state index contributed by atoms with van der Waals surface area (Å²) in [7, 11) is 0. The van der Waals surface area contributed by atoms with E-state index in [-0.39, 0.29) is 5.91 Å². The Morgan fingerprint density at radius 2 is 1.86 bits per heavy atom. The van der Waals surface area contributed by atoms with Crippen molar-refractivity contribution in [1.29, 1.82) is 0 Å². The van der Waals surface area contributed by atoms with Gasteiger partial charge in [0.2, 0.25) is 0 Å². The van der Waals surface area contributed by atoms with Gasteiger partial charge in [-0.3, -0.25) is 10.1 Å². The highest BCUT2D eigenvalue weighted by Crippen LogP contribution is 2.33. The molecular formula is C22H23N5OS. The van der Waals surface area contributed by atoms with Gasteiger partial charge in [0.25, 0.3) is 5.91 Å². The Morgan fingerprint density at radius 1 is 1.03 bits per heavy atom. The van der Waals surface area contributed by atoms with Crippen LogP contribution in [0.25, 0.3) is 11.3 Å². The summed E-state index contributed by atoms with van der Waals surface area (Å²) in [4.78, 5) is 20.6. The SMILES string of the molecule is Cc1sc(NC(=O)c2ccc(N3CCCC3)nn2)nc1-c1ccc2c(c1)CCC2. The summed E-state index contributed by atoms with van der Waals surface area (Å²) >= 11 is 1.49. The van der Waals surface area contributed by atoms with Gasteiger partial charge in [0.1, 0.15) is 0 Å². The molecule has 3 aromatic rings. The number of rotatable bonds is 4. The maximum Gasteiger partial charge on any atom is 0.277 e. The van der Waals surface area contributed by atoms with E-state index in [9.17, 15) is 4.79 Å². The highest BCUT2D eigenvalue weighted by Gasteiger charge is 2.18. The summed E-state index contributed by atoms with van der Waals surface area (Å²) in [5.41, 5.74) is 5.24. The predicted molar refractivity (Wildman–Crippen MR) is 116 cm³/mol. The number of nitrogens with one attached hydrogen (secondary N) is 1. The van der Waals surface area contributed by atoms with Crippen LogP contribution in [0, 0.1) is 6.92 Å². The average Bonchev–Trinajstić information content (AvgIpc) is 3.48. The van der Waals surface area contributed by atoms with E-state index in [2.05, 4.69) is 43.6 Å². The molecule has 2 aliphatic rings. The molecule has 5 rings (SSSR count). The number of benzene rings is 1. The first-order chi connectivity index (χ1) is 14.2. The summed E-state index contributed by atoms with van der Waals surface area (Å²) in [5.74, 6) is 0.558. The second-order valence-electron chi connectivity index (χ2n) is 7.69. The topological polar surface area (TPSA) is 71.0 Å². The molecule has 1 aromatic carbocycles. The molecule has 1 aliphatic heterocycles. The normalized spacial score (nSPS) is 15.6. The number of carbonyl (C=O) groups is 1. The van der Waals surface area contributed by atoms with Gasteiger partial charge < -0.3 is 4.90 Å². The number of aryl methyl sites for hydroxylation is 3. The van der Waals surface area contributed by atoms with Crippen molar-refractivity contribution in [3.8, 4) is 11.3 Å². The van der Waals surface area contributed by atoms with Gasteiger partial charge in [-0.1, -0.05) is 12.1 Å². The molecule has 7 heteroatoms. The first kappa shape index (κ1) is 18.2.